The summed E-state index contributed by atoms with van der Waals surface area (Å²) in [6.45, 7) is 1.51. The second-order valence-corrected chi connectivity index (χ2v) is 8.39. The first-order valence-corrected chi connectivity index (χ1v) is 10.2. The van der Waals surface area contributed by atoms with Gasteiger partial charge in [-0.15, -0.1) is 10.2 Å². The molecular formula is C21H26N4O3. The van der Waals surface area contributed by atoms with E-state index in [4.69, 9.17) is 0 Å². The van der Waals surface area contributed by atoms with Gasteiger partial charge in [0.15, 0.2) is 0 Å². The van der Waals surface area contributed by atoms with E-state index < -0.39 is 11.5 Å². The molecule has 0 bridgehead atoms. The van der Waals surface area contributed by atoms with E-state index in [1.54, 1.807) is 4.90 Å². The van der Waals surface area contributed by atoms with Crippen LogP contribution in [0.5, 0.6) is 0 Å². The van der Waals surface area contributed by atoms with E-state index in [1.807, 2.05) is 34.9 Å². The Morgan fingerprint density at radius 3 is 2.79 bits per heavy atom. The normalized spacial score (nSPS) is 31.6. The number of hydrogen-bond donors (Lipinski definition) is 2. The van der Waals surface area contributed by atoms with Gasteiger partial charge in [0.2, 0.25) is 5.82 Å². The van der Waals surface area contributed by atoms with Gasteiger partial charge in [-0.1, -0.05) is 36.8 Å². The highest BCUT2D eigenvalue weighted by Gasteiger charge is 2.71. The fourth-order valence-electron chi connectivity index (χ4n) is 5.51. The third kappa shape index (κ3) is 2.53. The summed E-state index contributed by atoms with van der Waals surface area (Å²) in [6, 6.07) is 10.00. The maximum absolute atomic E-state index is 13.2. The molecule has 4 atom stereocenters. The summed E-state index contributed by atoms with van der Waals surface area (Å²) in [5.41, 5.74) is 0.652. The fraction of sp³-hybridized carbons (Fsp3) is 0.571. The molecule has 0 unspecified atom stereocenters. The molecule has 1 aromatic carbocycles. The number of aryl methyl sites for hydroxylation is 1. The molecule has 0 radical (unpaired) electrons. The van der Waals surface area contributed by atoms with Crippen LogP contribution in [0.4, 0.5) is 0 Å². The molecule has 3 aliphatic rings. The van der Waals surface area contributed by atoms with Crippen molar-refractivity contribution in [1.29, 1.82) is 0 Å². The zero-order chi connectivity index (χ0) is 19.3. The van der Waals surface area contributed by atoms with Gasteiger partial charge in [0, 0.05) is 38.1 Å². The Morgan fingerprint density at radius 2 is 2.00 bits per heavy atom. The number of fused-ring (bicyclic) bond motifs is 1. The number of nitrogens with zero attached hydrogens (tertiary/aromatic N) is 4. The average Bonchev–Trinajstić information content (AvgIpc) is 3.14. The highest BCUT2D eigenvalue weighted by atomic mass is 16.3. The molecule has 1 aromatic heterocycles. The van der Waals surface area contributed by atoms with Crippen LogP contribution in [-0.2, 0) is 13.0 Å². The third-order valence-corrected chi connectivity index (χ3v) is 6.98. The minimum Gasteiger partial charge on any atom is -0.396 e. The number of carbonyl (C=O) groups is 1. The van der Waals surface area contributed by atoms with Gasteiger partial charge in [0.1, 0.15) is 5.82 Å². The number of likely N-dealkylation sites (tertiary alicyclic amines) is 1. The number of carbonyl (C=O) groups excluding carboxylic acids is 1. The van der Waals surface area contributed by atoms with Crippen molar-refractivity contribution in [2.45, 2.75) is 44.2 Å². The van der Waals surface area contributed by atoms with E-state index in [0.29, 0.717) is 12.4 Å². The van der Waals surface area contributed by atoms with Gasteiger partial charge >= 0.3 is 0 Å². The standard InChI is InChI=1S/C21H26N4O3/c26-12-15-18(14-7-3-1-4-8-14)21(15)13-24(11-16(21)27)20(28)19-23-22-17-9-5-2-6-10-25(17)19/h1,3-4,7-8,15-16,18,26-27H,2,5-6,9-13H2/t15-,16+,18-,21-/m1/s1. The van der Waals surface area contributed by atoms with E-state index in [1.165, 1.54) is 0 Å². The highest BCUT2D eigenvalue weighted by Crippen LogP contribution is 2.68. The molecule has 148 valence electrons. The van der Waals surface area contributed by atoms with Crippen molar-refractivity contribution in [2.75, 3.05) is 19.7 Å². The smallest absolute Gasteiger partial charge is 0.291 e. The fourth-order valence-corrected chi connectivity index (χ4v) is 5.51. The van der Waals surface area contributed by atoms with Crippen molar-refractivity contribution >= 4 is 5.91 Å². The Morgan fingerprint density at radius 1 is 1.18 bits per heavy atom. The van der Waals surface area contributed by atoms with Crippen LogP contribution in [0.25, 0.3) is 0 Å². The molecule has 5 rings (SSSR count). The van der Waals surface area contributed by atoms with Crippen LogP contribution >= 0.6 is 0 Å². The van der Waals surface area contributed by atoms with Crippen molar-refractivity contribution in [1.82, 2.24) is 19.7 Å². The Bertz CT molecular complexity index is 883. The first-order chi connectivity index (χ1) is 13.7. The maximum Gasteiger partial charge on any atom is 0.291 e. The minimum absolute atomic E-state index is 0.0129. The minimum atomic E-state index is -0.648. The predicted molar refractivity (Wildman–Crippen MR) is 102 cm³/mol. The van der Waals surface area contributed by atoms with Crippen molar-refractivity contribution in [2.24, 2.45) is 11.3 Å². The van der Waals surface area contributed by atoms with Gasteiger partial charge in [-0.3, -0.25) is 4.79 Å². The highest BCUT2D eigenvalue weighted by molar-refractivity contribution is 5.91. The average molecular weight is 382 g/mol. The monoisotopic (exact) mass is 382 g/mol. The molecule has 2 N–H and O–H groups in total. The summed E-state index contributed by atoms with van der Waals surface area (Å²) < 4.78 is 1.96. The number of rotatable bonds is 3. The molecule has 7 heteroatoms. The number of amides is 1. The first-order valence-electron chi connectivity index (χ1n) is 10.2. The lowest BCUT2D eigenvalue weighted by atomic mass is 9.95. The summed E-state index contributed by atoms with van der Waals surface area (Å²) >= 11 is 0. The molecule has 2 aliphatic heterocycles. The van der Waals surface area contributed by atoms with Crippen LogP contribution in [0.3, 0.4) is 0 Å². The van der Waals surface area contributed by atoms with Gasteiger partial charge in [0.05, 0.1) is 6.10 Å². The van der Waals surface area contributed by atoms with Crippen molar-refractivity contribution < 1.29 is 15.0 Å². The molecule has 7 nitrogen and oxygen atoms in total. The second-order valence-electron chi connectivity index (χ2n) is 8.39. The Hall–Kier alpha value is -2.25. The lowest BCUT2D eigenvalue weighted by Crippen LogP contribution is -2.32. The number of benzene rings is 1. The number of hydrogen-bond acceptors (Lipinski definition) is 5. The molecule has 2 aromatic rings. The summed E-state index contributed by atoms with van der Waals surface area (Å²) in [4.78, 5) is 14.9. The quantitative estimate of drug-likeness (QED) is 0.833. The van der Waals surface area contributed by atoms with Gasteiger partial charge in [0.25, 0.3) is 5.91 Å². The maximum atomic E-state index is 13.2. The Labute approximate surface area is 164 Å². The van der Waals surface area contributed by atoms with Gasteiger partial charge in [-0.2, -0.15) is 0 Å². The zero-order valence-electron chi connectivity index (χ0n) is 15.9. The van der Waals surface area contributed by atoms with E-state index >= 15 is 0 Å². The van der Waals surface area contributed by atoms with Crippen LogP contribution in [0, 0.1) is 11.3 Å². The summed E-state index contributed by atoms with van der Waals surface area (Å²) in [5, 5.41) is 29.3. The summed E-state index contributed by atoms with van der Waals surface area (Å²) in [5.74, 6) is 1.16. The van der Waals surface area contributed by atoms with Crippen molar-refractivity contribution in [3.05, 3.63) is 47.5 Å². The Balaban J connectivity index is 1.41. The third-order valence-electron chi connectivity index (χ3n) is 6.98. The molecule has 28 heavy (non-hydrogen) atoms. The lowest BCUT2D eigenvalue weighted by Gasteiger charge is -2.17. The van der Waals surface area contributed by atoms with E-state index in [9.17, 15) is 15.0 Å². The lowest BCUT2D eigenvalue weighted by molar-refractivity contribution is 0.0746. The van der Waals surface area contributed by atoms with Crippen LogP contribution in [0.15, 0.2) is 30.3 Å². The van der Waals surface area contributed by atoms with E-state index in [0.717, 1.165) is 43.6 Å². The number of β-amino-alcohol motifs (C(OH)–C–C–N with tert-alkyl or cyclic N) is 1. The first kappa shape index (κ1) is 17.8. The van der Waals surface area contributed by atoms with Gasteiger partial charge < -0.3 is 19.7 Å². The number of aliphatic hydroxyl groups is 2. The second kappa shape index (κ2) is 6.67. The van der Waals surface area contributed by atoms with Crippen LogP contribution < -0.4 is 0 Å². The van der Waals surface area contributed by atoms with Gasteiger partial charge in [-0.05, 0) is 30.2 Å². The predicted octanol–water partition coefficient (Wildman–Crippen LogP) is 1.21. The Kier molecular flexibility index (Phi) is 4.25. The molecule has 1 saturated heterocycles. The largest absolute Gasteiger partial charge is 0.396 e. The molecule has 1 saturated carbocycles. The zero-order valence-corrected chi connectivity index (χ0v) is 15.9. The SMILES string of the molecule is O=C(c1nnc2n1CCCCC2)N1C[C@H](O)[C@@]2(C1)[C@H](CO)[C@H]2c1ccccc1. The van der Waals surface area contributed by atoms with Gasteiger partial charge in [-0.25, -0.2) is 0 Å². The number of aliphatic hydroxyl groups excluding tert-OH is 2. The molecule has 1 amide bonds. The summed E-state index contributed by atoms with van der Waals surface area (Å²) in [7, 11) is 0. The molecule has 3 heterocycles. The number of aromatic nitrogens is 3. The van der Waals surface area contributed by atoms with Crippen molar-refractivity contribution in [3.8, 4) is 0 Å². The van der Waals surface area contributed by atoms with E-state index in [2.05, 4.69) is 10.2 Å². The van der Waals surface area contributed by atoms with Crippen LogP contribution in [0.1, 0.15) is 47.2 Å². The van der Waals surface area contributed by atoms with Crippen molar-refractivity contribution in [3.63, 3.8) is 0 Å². The molecular weight excluding hydrogens is 356 g/mol. The van der Waals surface area contributed by atoms with E-state index in [-0.39, 0.29) is 30.9 Å². The molecule has 1 aliphatic carbocycles. The summed E-state index contributed by atoms with van der Waals surface area (Å²) in [6.07, 6.45) is 3.45. The van der Waals surface area contributed by atoms with Crippen LogP contribution in [0.2, 0.25) is 0 Å². The van der Waals surface area contributed by atoms with Crippen LogP contribution in [-0.4, -0.2) is 61.6 Å². The molecule has 2 fully saturated rings. The topological polar surface area (TPSA) is 91.5 Å². The molecule has 1 spiro atoms.